The quantitative estimate of drug-likeness (QED) is 0.726. The predicted molar refractivity (Wildman–Crippen MR) is 97.0 cm³/mol. The second-order valence-corrected chi connectivity index (χ2v) is 8.18. The standard InChI is InChI=1S/C19H22BrNO3/c1-21-7-6-19-10-13(20)14(22)9-12(19)17-11(8-16(19)21)4-5-15(23-2)18(17)24-3/h4-5,9,13,16H,6-8,10H2,1-3H3/t13-,16+,19+/m1/s1. The number of nitrogens with zero attached hydrogens (tertiary/aromatic N) is 1. The fourth-order valence-electron chi connectivity index (χ4n) is 4.89. The number of hydrogen-bond acceptors (Lipinski definition) is 4. The van der Waals surface area contributed by atoms with Crippen molar-refractivity contribution in [3.05, 3.63) is 29.3 Å². The molecule has 1 aromatic rings. The van der Waals surface area contributed by atoms with Crippen molar-refractivity contribution in [3.63, 3.8) is 0 Å². The molecule has 0 amide bonds. The van der Waals surface area contributed by atoms with Gasteiger partial charge in [-0.1, -0.05) is 22.0 Å². The lowest BCUT2D eigenvalue weighted by atomic mass is 9.60. The van der Waals surface area contributed by atoms with Crippen LogP contribution < -0.4 is 9.47 Å². The van der Waals surface area contributed by atoms with E-state index in [2.05, 4.69) is 33.9 Å². The van der Waals surface area contributed by atoms with E-state index in [1.54, 1.807) is 14.2 Å². The maximum atomic E-state index is 12.5. The maximum Gasteiger partial charge on any atom is 0.169 e. The van der Waals surface area contributed by atoms with Crippen LogP contribution in [0.5, 0.6) is 11.5 Å². The van der Waals surface area contributed by atoms with Crippen LogP contribution in [0, 0.1) is 5.41 Å². The minimum Gasteiger partial charge on any atom is -0.493 e. The van der Waals surface area contributed by atoms with E-state index >= 15 is 0 Å². The molecule has 1 spiro atoms. The zero-order valence-corrected chi connectivity index (χ0v) is 15.9. The summed E-state index contributed by atoms with van der Waals surface area (Å²) in [5.41, 5.74) is 3.49. The first-order valence-electron chi connectivity index (χ1n) is 8.36. The lowest BCUT2D eigenvalue weighted by Gasteiger charge is -2.47. The molecule has 0 saturated carbocycles. The smallest absolute Gasteiger partial charge is 0.169 e. The predicted octanol–water partition coefficient (Wildman–Crippen LogP) is 3.07. The Balaban J connectivity index is 2.00. The number of carbonyl (C=O) groups excluding carboxylic acids is 1. The highest BCUT2D eigenvalue weighted by molar-refractivity contribution is 9.10. The topological polar surface area (TPSA) is 38.8 Å². The van der Waals surface area contributed by atoms with E-state index in [0.29, 0.717) is 6.04 Å². The Morgan fingerprint density at radius 2 is 2.08 bits per heavy atom. The minimum atomic E-state index is -0.0894. The van der Waals surface area contributed by atoms with Gasteiger partial charge in [-0.2, -0.15) is 0 Å². The van der Waals surface area contributed by atoms with Gasteiger partial charge in [-0.05, 0) is 56.1 Å². The maximum absolute atomic E-state index is 12.5. The number of halogens is 1. The Kier molecular flexibility index (Phi) is 3.77. The molecule has 0 N–H and O–H groups in total. The molecule has 1 heterocycles. The summed E-state index contributed by atoms with van der Waals surface area (Å²) in [5.74, 6) is 1.64. The third-order valence-electron chi connectivity index (χ3n) is 6.07. The molecule has 4 rings (SSSR count). The van der Waals surface area contributed by atoms with E-state index in [1.807, 2.05) is 12.1 Å². The third kappa shape index (κ3) is 2.04. The van der Waals surface area contributed by atoms with Gasteiger partial charge in [-0.25, -0.2) is 0 Å². The molecule has 1 aromatic carbocycles. The Morgan fingerprint density at radius 3 is 2.79 bits per heavy atom. The Bertz CT molecular complexity index is 744. The average molecular weight is 392 g/mol. The van der Waals surface area contributed by atoms with Gasteiger partial charge in [0.2, 0.25) is 0 Å². The first-order valence-corrected chi connectivity index (χ1v) is 9.28. The molecule has 3 aliphatic rings. The number of alkyl halides is 1. The molecule has 2 aliphatic carbocycles. The van der Waals surface area contributed by atoms with Gasteiger partial charge in [0.15, 0.2) is 17.3 Å². The lowest BCUT2D eigenvalue weighted by molar-refractivity contribution is -0.114. The summed E-state index contributed by atoms with van der Waals surface area (Å²) in [6.45, 7) is 1.06. The van der Waals surface area contributed by atoms with E-state index < -0.39 is 0 Å². The monoisotopic (exact) mass is 391 g/mol. The number of fused-ring (bicyclic) bond motifs is 2. The van der Waals surface area contributed by atoms with Crippen LogP contribution in [-0.2, 0) is 11.2 Å². The average Bonchev–Trinajstić information content (AvgIpc) is 2.89. The summed E-state index contributed by atoms with van der Waals surface area (Å²) in [7, 11) is 5.53. The van der Waals surface area contributed by atoms with Gasteiger partial charge in [0.25, 0.3) is 0 Å². The minimum absolute atomic E-state index is 0.0173. The highest BCUT2D eigenvalue weighted by Crippen LogP contribution is 2.60. The fourth-order valence-corrected chi connectivity index (χ4v) is 5.60. The second-order valence-electron chi connectivity index (χ2n) is 7.07. The van der Waals surface area contributed by atoms with Crippen LogP contribution in [0.2, 0.25) is 0 Å². The van der Waals surface area contributed by atoms with E-state index in [9.17, 15) is 4.79 Å². The van der Waals surface area contributed by atoms with Gasteiger partial charge in [0, 0.05) is 17.0 Å². The van der Waals surface area contributed by atoms with Crippen molar-refractivity contribution in [1.29, 1.82) is 0 Å². The molecule has 1 saturated heterocycles. The van der Waals surface area contributed by atoms with E-state index in [4.69, 9.17) is 9.47 Å². The number of hydrogen-bond donors (Lipinski definition) is 0. The number of ether oxygens (including phenoxy) is 2. The summed E-state index contributed by atoms with van der Waals surface area (Å²) < 4.78 is 11.2. The fraction of sp³-hybridized carbons (Fsp3) is 0.526. The molecule has 24 heavy (non-hydrogen) atoms. The Morgan fingerprint density at radius 1 is 1.29 bits per heavy atom. The van der Waals surface area contributed by atoms with E-state index in [-0.39, 0.29) is 16.0 Å². The molecule has 0 unspecified atom stereocenters. The summed E-state index contributed by atoms with van der Waals surface area (Å²) in [5, 5.41) is 0. The zero-order chi connectivity index (χ0) is 17.1. The van der Waals surface area contributed by atoms with Crippen LogP contribution in [0.15, 0.2) is 18.2 Å². The van der Waals surface area contributed by atoms with Gasteiger partial charge in [0.1, 0.15) is 0 Å². The summed E-state index contributed by atoms with van der Waals surface area (Å²) in [6.07, 6.45) is 4.77. The van der Waals surface area contributed by atoms with Crippen molar-refractivity contribution in [2.45, 2.75) is 30.1 Å². The number of rotatable bonds is 2. The summed E-state index contributed by atoms with van der Waals surface area (Å²) in [6, 6.07) is 4.53. The molecular formula is C19H22BrNO3. The SMILES string of the molecule is COc1ccc2c(c1OC)C1=CC(=O)[C@H](Br)C[C@@]13CCN(C)[C@H]3C2. The zero-order valence-electron chi connectivity index (χ0n) is 14.3. The van der Waals surface area contributed by atoms with Crippen LogP contribution in [0.25, 0.3) is 5.57 Å². The molecule has 0 bridgehead atoms. The summed E-state index contributed by atoms with van der Waals surface area (Å²) >= 11 is 3.60. The van der Waals surface area contributed by atoms with Crippen LogP contribution in [-0.4, -0.2) is 49.4 Å². The second kappa shape index (κ2) is 5.60. The number of ketones is 1. The van der Waals surface area contributed by atoms with Gasteiger partial charge in [0.05, 0.1) is 19.0 Å². The number of methoxy groups -OCH3 is 2. The van der Waals surface area contributed by atoms with Crippen molar-refractivity contribution >= 4 is 27.3 Å². The van der Waals surface area contributed by atoms with Gasteiger partial charge in [-0.15, -0.1) is 0 Å². The van der Waals surface area contributed by atoms with Crippen LogP contribution in [0.4, 0.5) is 0 Å². The number of likely N-dealkylation sites (tertiary alicyclic amines) is 1. The molecular weight excluding hydrogens is 370 g/mol. The van der Waals surface area contributed by atoms with Crippen LogP contribution >= 0.6 is 15.9 Å². The lowest BCUT2D eigenvalue weighted by Crippen LogP contribution is -2.47. The number of allylic oxidation sites excluding steroid dienone is 1. The van der Waals surface area contributed by atoms with Crippen molar-refractivity contribution in [2.75, 3.05) is 27.8 Å². The van der Waals surface area contributed by atoms with Crippen molar-refractivity contribution < 1.29 is 14.3 Å². The molecule has 1 fully saturated rings. The van der Waals surface area contributed by atoms with Crippen molar-refractivity contribution in [2.24, 2.45) is 5.41 Å². The normalized spacial score (nSPS) is 31.8. The van der Waals surface area contributed by atoms with E-state index in [0.717, 1.165) is 48.4 Å². The molecule has 0 aromatic heterocycles. The Labute approximate surface area is 150 Å². The van der Waals surface area contributed by atoms with E-state index in [1.165, 1.54) is 5.56 Å². The Hall–Kier alpha value is -1.33. The first kappa shape index (κ1) is 16.2. The van der Waals surface area contributed by atoms with Crippen molar-refractivity contribution in [3.8, 4) is 11.5 Å². The van der Waals surface area contributed by atoms with Gasteiger partial charge >= 0.3 is 0 Å². The molecule has 4 nitrogen and oxygen atoms in total. The molecule has 0 radical (unpaired) electrons. The first-order chi connectivity index (χ1) is 11.5. The van der Waals surface area contributed by atoms with Gasteiger partial charge in [-0.3, -0.25) is 4.79 Å². The molecule has 1 aliphatic heterocycles. The van der Waals surface area contributed by atoms with Gasteiger partial charge < -0.3 is 14.4 Å². The highest BCUT2D eigenvalue weighted by atomic mass is 79.9. The number of benzene rings is 1. The number of carbonyl (C=O) groups is 1. The summed E-state index contributed by atoms with van der Waals surface area (Å²) in [4.78, 5) is 14.8. The van der Waals surface area contributed by atoms with Crippen molar-refractivity contribution in [1.82, 2.24) is 4.90 Å². The largest absolute Gasteiger partial charge is 0.493 e. The van der Waals surface area contributed by atoms with Crippen LogP contribution in [0.1, 0.15) is 24.0 Å². The number of likely N-dealkylation sites (N-methyl/N-ethyl adjacent to an activating group) is 1. The molecule has 5 heteroatoms. The molecule has 3 atom stereocenters. The molecule has 128 valence electrons. The van der Waals surface area contributed by atoms with Crippen LogP contribution in [0.3, 0.4) is 0 Å². The third-order valence-corrected chi connectivity index (χ3v) is 6.85. The highest BCUT2D eigenvalue weighted by Gasteiger charge is 2.55.